The number of thiazole rings is 1. The van der Waals surface area contributed by atoms with Gasteiger partial charge in [-0.2, -0.15) is 0 Å². The smallest absolute Gasteiger partial charge is 0.308 e. The van der Waals surface area contributed by atoms with Gasteiger partial charge in [0.2, 0.25) is 5.91 Å². The number of fused-ring (bicyclic) bond motifs is 1. The fraction of sp³-hybridized carbons (Fsp3) is 0.176. The number of rotatable bonds is 6. The molecule has 3 rings (SSSR count). The molecule has 7 heteroatoms. The molecule has 0 radical (unpaired) electrons. The minimum atomic E-state index is -0.375. The van der Waals surface area contributed by atoms with Gasteiger partial charge in [-0.3, -0.25) is 14.2 Å². The average Bonchev–Trinajstić information content (AvgIpc) is 2.88. The summed E-state index contributed by atoms with van der Waals surface area (Å²) in [4.78, 5) is 23.8. The first-order chi connectivity index (χ1) is 11.6. The molecule has 1 heterocycles. The molecule has 0 aliphatic heterocycles. The number of hydrogen-bond donors (Lipinski definition) is 1. The molecule has 0 saturated carbocycles. The Morgan fingerprint density at radius 3 is 2.88 bits per heavy atom. The molecule has 124 valence electrons. The number of carbonyl (C=O) groups excluding carboxylic acids is 1. The summed E-state index contributed by atoms with van der Waals surface area (Å²) in [6, 6.07) is 13.1. The minimum Gasteiger partial charge on any atom is -0.492 e. The Balaban J connectivity index is 1.52. The number of hydrogen-bond acceptors (Lipinski definition) is 4. The third-order valence-corrected chi connectivity index (χ3v) is 4.32. The van der Waals surface area contributed by atoms with Crippen molar-refractivity contribution in [3.05, 3.63) is 64.0 Å². The predicted molar refractivity (Wildman–Crippen MR) is 91.0 cm³/mol. The summed E-state index contributed by atoms with van der Waals surface area (Å²) in [6.45, 7) is 0.448. The molecule has 1 amide bonds. The molecule has 24 heavy (non-hydrogen) atoms. The molecule has 5 nitrogen and oxygen atoms in total. The molecule has 0 spiro atoms. The lowest BCUT2D eigenvalue weighted by molar-refractivity contribution is -0.121. The molecule has 1 N–H and O–H groups in total. The molecule has 0 atom stereocenters. The number of aromatic nitrogens is 1. The highest BCUT2D eigenvalue weighted by Gasteiger charge is 2.10. The largest absolute Gasteiger partial charge is 0.492 e. The monoisotopic (exact) mass is 346 g/mol. The van der Waals surface area contributed by atoms with Gasteiger partial charge in [0.1, 0.15) is 24.7 Å². The van der Waals surface area contributed by atoms with E-state index in [-0.39, 0.29) is 36.3 Å². The highest BCUT2D eigenvalue weighted by Crippen LogP contribution is 2.16. The van der Waals surface area contributed by atoms with Crippen molar-refractivity contribution in [2.45, 2.75) is 6.54 Å². The van der Waals surface area contributed by atoms with E-state index in [2.05, 4.69) is 5.32 Å². The number of benzene rings is 2. The van der Waals surface area contributed by atoms with Crippen LogP contribution in [-0.2, 0) is 11.3 Å². The molecule has 0 bridgehead atoms. The lowest BCUT2D eigenvalue weighted by atomic mass is 10.3. The second kappa shape index (κ2) is 7.27. The van der Waals surface area contributed by atoms with E-state index in [9.17, 15) is 14.0 Å². The van der Waals surface area contributed by atoms with Crippen molar-refractivity contribution in [2.24, 2.45) is 0 Å². The lowest BCUT2D eigenvalue weighted by Crippen LogP contribution is -2.33. The van der Waals surface area contributed by atoms with Crippen LogP contribution in [0.5, 0.6) is 5.75 Å². The number of para-hydroxylation sites is 1. The van der Waals surface area contributed by atoms with Crippen molar-refractivity contribution in [2.75, 3.05) is 13.2 Å². The van der Waals surface area contributed by atoms with Gasteiger partial charge in [-0.05, 0) is 24.3 Å². The van der Waals surface area contributed by atoms with Crippen LogP contribution in [-0.4, -0.2) is 23.6 Å². The molecule has 3 aromatic rings. The van der Waals surface area contributed by atoms with Crippen molar-refractivity contribution in [3.8, 4) is 5.75 Å². The molecular weight excluding hydrogens is 331 g/mol. The SMILES string of the molecule is O=C(Cn1c(=O)sc2ccccc21)NCCOc1cccc(F)c1. The van der Waals surface area contributed by atoms with Gasteiger partial charge in [-0.25, -0.2) is 4.39 Å². The molecule has 2 aromatic carbocycles. The van der Waals surface area contributed by atoms with Crippen LogP contribution < -0.4 is 14.9 Å². The molecular formula is C17H15FN2O3S. The van der Waals surface area contributed by atoms with Crippen molar-refractivity contribution in [1.29, 1.82) is 0 Å². The highest BCUT2D eigenvalue weighted by atomic mass is 32.1. The van der Waals surface area contributed by atoms with Gasteiger partial charge >= 0.3 is 4.87 Å². The van der Waals surface area contributed by atoms with Crippen LogP contribution in [0.2, 0.25) is 0 Å². The number of nitrogens with zero attached hydrogens (tertiary/aromatic N) is 1. The zero-order valence-corrected chi connectivity index (χ0v) is 13.5. The summed E-state index contributed by atoms with van der Waals surface area (Å²) in [7, 11) is 0. The van der Waals surface area contributed by atoms with Gasteiger partial charge < -0.3 is 10.1 Å². The zero-order chi connectivity index (χ0) is 16.9. The number of carbonyl (C=O) groups is 1. The summed E-state index contributed by atoms with van der Waals surface area (Å²) in [5, 5.41) is 2.68. The maximum atomic E-state index is 13.0. The van der Waals surface area contributed by atoms with E-state index in [0.29, 0.717) is 5.75 Å². The van der Waals surface area contributed by atoms with E-state index in [0.717, 1.165) is 21.6 Å². The van der Waals surface area contributed by atoms with Crippen LogP contribution in [0.3, 0.4) is 0 Å². The summed E-state index contributed by atoms with van der Waals surface area (Å²) in [6.07, 6.45) is 0. The van der Waals surface area contributed by atoms with Gasteiger partial charge in [0, 0.05) is 6.07 Å². The van der Waals surface area contributed by atoms with E-state index in [1.807, 2.05) is 24.3 Å². The van der Waals surface area contributed by atoms with E-state index >= 15 is 0 Å². The number of nitrogens with one attached hydrogen (secondary N) is 1. The minimum absolute atomic E-state index is 0.0389. The zero-order valence-electron chi connectivity index (χ0n) is 12.7. The highest BCUT2D eigenvalue weighted by molar-refractivity contribution is 7.16. The Bertz CT molecular complexity index is 919. The van der Waals surface area contributed by atoms with Crippen molar-refractivity contribution in [1.82, 2.24) is 9.88 Å². The third-order valence-electron chi connectivity index (χ3n) is 3.36. The maximum Gasteiger partial charge on any atom is 0.308 e. The van der Waals surface area contributed by atoms with Crippen LogP contribution in [0.25, 0.3) is 10.2 Å². The van der Waals surface area contributed by atoms with Gasteiger partial charge in [0.15, 0.2) is 0 Å². The summed E-state index contributed by atoms with van der Waals surface area (Å²) in [5.41, 5.74) is 0.749. The van der Waals surface area contributed by atoms with Crippen molar-refractivity contribution >= 4 is 27.5 Å². The fourth-order valence-electron chi connectivity index (χ4n) is 2.28. The normalized spacial score (nSPS) is 10.7. The van der Waals surface area contributed by atoms with Crippen LogP contribution in [0, 0.1) is 5.82 Å². The second-order valence-electron chi connectivity index (χ2n) is 5.08. The van der Waals surface area contributed by atoms with E-state index in [1.165, 1.54) is 16.7 Å². The Morgan fingerprint density at radius 2 is 2.04 bits per heavy atom. The van der Waals surface area contributed by atoms with Gasteiger partial charge in [0.05, 0.1) is 16.8 Å². The first-order valence-corrected chi connectivity index (χ1v) is 8.18. The maximum absolute atomic E-state index is 13.0. The van der Waals surface area contributed by atoms with Crippen molar-refractivity contribution in [3.63, 3.8) is 0 Å². The Kier molecular flexibility index (Phi) is 4.90. The summed E-state index contributed by atoms with van der Waals surface area (Å²) in [5.74, 6) is -0.243. The van der Waals surface area contributed by atoms with Crippen LogP contribution in [0.1, 0.15) is 0 Å². The van der Waals surface area contributed by atoms with Crippen molar-refractivity contribution < 1.29 is 13.9 Å². The Morgan fingerprint density at radius 1 is 1.21 bits per heavy atom. The number of ether oxygens (including phenoxy) is 1. The molecule has 0 aliphatic rings. The summed E-state index contributed by atoms with van der Waals surface area (Å²) >= 11 is 1.11. The molecule has 0 aliphatic carbocycles. The van der Waals surface area contributed by atoms with Crippen LogP contribution >= 0.6 is 11.3 Å². The lowest BCUT2D eigenvalue weighted by Gasteiger charge is -2.08. The average molecular weight is 346 g/mol. The number of halogens is 1. The Hall–Kier alpha value is -2.67. The Labute approximate surface area is 141 Å². The van der Waals surface area contributed by atoms with E-state index in [4.69, 9.17) is 4.74 Å². The topological polar surface area (TPSA) is 60.3 Å². The predicted octanol–water partition coefficient (Wildman–Crippen LogP) is 2.40. The summed E-state index contributed by atoms with van der Waals surface area (Å²) < 4.78 is 20.6. The molecule has 0 fully saturated rings. The number of amides is 1. The molecule has 0 saturated heterocycles. The van der Waals surface area contributed by atoms with E-state index < -0.39 is 0 Å². The molecule has 0 unspecified atom stereocenters. The van der Waals surface area contributed by atoms with E-state index in [1.54, 1.807) is 12.1 Å². The van der Waals surface area contributed by atoms with Crippen LogP contribution in [0.15, 0.2) is 53.3 Å². The first-order valence-electron chi connectivity index (χ1n) is 7.37. The van der Waals surface area contributed by atoms with Gasteiger partial charge in [-0.1, -0.05) is 29.5 Å². The second-order valence-corrected chi connectivity index (χ2v) is 6.07. The van der Waals surface area contributed by atoms with Gasteiger partial charge in [0.25, 0.3) is 0 Å². The fourth-order valence-corrected chi connectivity index (χ4v) is 3.17. The first kappa shape index (κ1) is 16.2. The van der Waals surface area contributed by atoms with Crippen LogP contribution in [0.4, 0.5) is 4.39 Å². The third kappa shape index (κ3) is 3.80. The molecule has 1 aromatic heterocycles. The van der Waals surface area contributed by atoms with Gasteiger partial charge in [-0.15, -0.1) is 0 Å². The quantitative estimate of drug-likeness (QED) is 0.697. The standard InChI is InChI=1S/C17H15FN2O3S/c18-12-4-3-5-13(10-12)23-9-8-19-16(21)11-20-14-6-1-2-7-15(14)24-17(20)22/h1-7,10H,8-9,11H2,(H,19,21).